The molecule has 0 aliphatic carbocycles. The minimum absolute atomic E-state index is 0.423. The Bertz CT molecular complexity index is 620. The van der Waals surface area contributed by atoms with Crippen LogP contribution < -0.4 is 14.8 Å². The quantitative estimate of drug-likeness (QED) is 0.818. The van der Waals surface area contributed by atoms with E-state index in [1.54, 1.807) is 0 Å². The number of nitrogens with zero attached hydrogens (tertiary/aromatic N) is 2. The van der Waals surface area contributed by atoms with Crippen LogP contribution in [0, 0.1) is 6.92 Å². The number of anilines is 2. The van der Waals surface area contributed by atoms with Crippen molar-refractivity contribution in [3.8, 4) is 11.5 Å². The fraction of sp³-hybridized carbons (Fsp3) is 0.333. The van der Waals surface area contributed by atoms with Crippen LogP contribution in [0.3, 0.4) is 0 Å². The summed E-state index contributed by atoms with van der Waals surface area (Å²) in [5.41, 5.74) is 1.56. The number of halogens is 1. The summed E-state index contributed by atoms with van der Waals surface area (Å²) in [4.78, 5) is 8.15. The fourth-order valence-electron chi connectivity index (χ4n) is 1.83. The van der Waals surface area contributed by atoms with Crippen molar-refractivity contribution in [1.29, 1.82) is 0 Å². The second-order valence-electron chi connectivity index (χ2n) is 4.29. The molecule has 21 heavy (non-hydrogen) atoms. The predicted octanol–water partition coefficient (Wildman–Crippen LogP) is 3.98. The molecule has 1 aromatic carbocycles. The normalized spacial score (nSPS) is 10.3. The van der Waals surface area contributed by atoms with E-state index in [1.807, 2.05) is 39.0 Å². The molecule has 0 atom stereocenters. The second kappa shape index (κ2) is 7.13. The summed E-state index contributed by atoms with van der Waals surface area (Å²) in [7, 11) is 0. The maximum atomic E-state index is 6.01. The average Bonchev–Trinajstić information content (AvgIpc) is 2.47. The standard InChI is InChI=1S/C15H18ClN3O2/c1-4-20-11-6-7-13(21-5-2)12(8-11)19-15-10(3)14(16)17-9-18-15/h6-9H,4-5H2,1-3H3,(H,17,18,19). The zero-order valence-corrected chi connectivity index (χ0v) is 13.1. The Morgan fingerprint density at radius 1 is 1.14 bits per heavy atom. The van der Waals surface area contributed by atoms with Gasteiger partial charge in [-0.15, -0.1) is 0 Å². The molecule has 0 saturated heterocycles. The van der Waals surface area contributed by atoms with Gasteiger partial charge < -0.3 is 14.8 Å². The van der Waals surface area contributed by atoms with Gasteiger partial charge in [0.25, 0.3) is 0 Å². The summed E-state index contributed by atoms with van der Waals surface area (Å²) in [6, 6.07) is 5.62. The van der Waals surface area contributed by atoms with Crippen molar-refractivity contribution in [1.82, 2.24) is 9.97 Å². The third-order valence-corrected chi connectivity index (χ3v) is 3.22. The molecule has 0 unspecified atom stereocenters. The highest BCUT2D eigenvalue weighted by molar-refractivity contribution is 6.30. The van der Waals surface area contributed by atoms with Crippen molar-refractivity contribution in [3.63, 3.8) is 0 Å². The van der Waals surface area contributed by atoms with Gasteiger partial charge in [0.05, 0.1) is 18.9 Å². The molecule has 1 aromatic heterocycles. The van der Waals surface area contributed by atoms with Crippen LogP contribution in [0.15, 0.2) is 24.5 Å². The Morgan fingerprint density at radius 2 is 1.90 bits per heavy atom. The van der Waals surface area contributed by atoms with Crippen LogP contribution in [0.4, 0.5) is 11.5 Å². The molecule has 0 spiro atoms. The molecule has 0 radical (unpaired) electrons. The van der Waals surface area contributed by atoms with Crippen LogP contribution in [0.2, 0.25) is 5.15 Å². The fourth-order valence-corrected chi connectivity index (χ4v) is 1.96. The summed E-state index contributed by atoms with van der Waals surface area (Å²) in [5.74, 6) is 2.14. The zero-order valence-electron chi connectivity index (χ0n) is 12.3. The average molecular weight is 308 g/mol. The lowest BCUT2D eigenvalue weighted by Gasteiger charge is -2.15. The monoisotopic (exact) mass is 307 g/mol. The highest BCUT2D eigenvalue weighted by Gasteiger charge is 2.10. The first kappa shape index (κ1) is 15.4. The van der Waals surface area contributed by atoms with Crippen LogP contribution in [0.5, 0.6) is 11.5 Å². The molecule has 2 rings (SSSR count). The van der Waals surface area contributed by atoms with E-state index in [2.05, 4.69) is 15.3 Å². The highest BCUT2D eigenvalue weighted by Crippen LogP contribution is 2.32. The minimum atomic E-state index is 0.423. The lowest BCUT2D eigenvalue weighted by atomic mass is 10.2. The molecule has 1 N–H and O–H groups in total. The van der Waals surface area contributed by atoms with Gasteiger partial charge >= 0.3 is 0 Å². The van der Waals surface area contributed by atoms with Gasteiger partial charge in [0.2, 0.25) is 0 Å². The SMILES string of the molecule is CCOc1ccc(OCC)c(Nc2ncnc(Cl)c2C)c1. The first-order chi connectivity index (χ1) is 10.2. The van der Waals surface area contributed by atoms with Gasteiger partial charge in [0.1, 0.15) is 28.8 Å². The molecule has 0 aliphatic rings. The first-order valence-electron chi connectivity index (χ1n) is 6.79. The Labute approximate surface area is 129 Å². The van der Waals surface area contributed by atoms with E-state index in [4.69, 9.17) is 21.1 Å². The minimum Gasteiger partial charge on any atom is -0.494 e. The van der Waals surface area contributed by atoms with E-state index in [9.17, 15) is 0 Å². The van der Waals surface area contributed by atoms with Gasteiger partial charge in [-0.25, -0.2) is 9.97 Å². The number of rotatable bonds is 6. The van der Waals surface area contributed by atoms with Gasteiger partial charge in [0, 0.05) is 11.6 Å². The lowest BCUT2D eigenvalue weighted by molar-refractivity contribution is 0.332. The summed E-state index contributed by atoms with van der Waals surface area (Å²) in [6.07, 6.45) is 1.42. The largest absolute Gasteiger partial charge is 0.494 e. The van der Waals surface area contributed by atoms with E-state index >= 15 is 0 Å². The Morgan fingerprint density at radius 3 is 2.62 bits per heavy atom. The Hall–Kier alpha value is -2.01. The Kier molecular flexibility index (Phi) is 5.22. The molecule has 0 fully saturated rings. The van der Waals surface area contributed by atoms with E-state index in [-0.39, 0.29) is 0 Å². The van der Waals surface area contributed by atoms with Crippen LogP contribution >= 0.6 is 11.6 Å². The van der Waals surface area contributed by atoms with Crippen molar-refractivity contribution in [2.75, 3.05) is 18.5 Å². The molecular formula is C15H18ClN3O2. The van der Waals surface area contributed by atoms with E-state index in [1.165, 1.54) is 6.33 Å². The number of ether oxygens (including phenoxy) is 2. The van der Waals surface area contributed by atoms with Crippen molar-refractivity contribution < 1.29 is 9.47 Å². The molecule has 1 heterocycles. The van der Waals surface area contributed by atoms with Crippen LogP contribution in [-0.4, -0.2) is 23.2 Å². The lowest BCUT2D eigenvalue weighted by Crippen LogP contribution is -2.02. The number of hydrogen-bond acceptors (Lipinski definition) is 5. The summed E-state index contributed by atoms with van der Waals surface area (Å²) in [5, 5.41) is 3.65. The number of nitrogens with one attached hydrogen (secondary N) is 1. The van der Waals surface area contributed by atoms with Crippen LogP contribution in [0.1, 0.15) is 19.4 Å². The van der Waals surface area contributed by atoms with Gasteiger partial charge in [-0.2, -0.15) is 0 Å². The molecule has 2 aromatic rings. The van der Waals surface area contributed by atoms with Crippen LogP contribution in [-0.2, 0) is 0 Å². The molecule has 0 aliphatic heterocycles. The Balaban J connectivity index is 2.35. The molecule has 0 saturated carbocycles. The molecule has 112 valence electrons. The third kappa shape index (κ3) is 3.76. The number of benzene rings is 1. The van der Waals surface area contributed by atoms with Gasteiger partial charge in [0.15, 0.2) is 0 Å². The van der Waals surface area contributed by atoms with Crippen molar-refractivity contribution in [3.05, 3.63) is 35.2 Å². The molecular weight excluding hydrogens is 290 g/mol. The summed E-state index contributed by atoms with van der Waals surface area (Å²) >= 11 is 6.01. The third-order valence-electron chi connectivity index (χ3n) is 2.84. The highest BCUT2D eigenvalue weighted by atomic mass is 35.5. The maximum Gasteiger partial charge on any atom is 0.143 e. The van der Waals surface area contributed by atoms with E-state index in [0.29, 0.717) is 24.2 Å². The van der Waals surface area contributed by atoms with Crippen molar-refractivity contribution >= 4 is 23.1 Å². The topological polar surface area (TPSA) is 56.3 Å². The zero-order chi connectivity index (χ0) is 15.2. The second-order valence-corrected chi connectivity index (χ2v) is 4.65. The molecule has 6 heteroatoms. The summed E-state index contributed by atoms with van der Waals surface area (Å²) in [6.45, 7) is 6.92. The van der Waals surface area contributed by atoms with Crippen molar-refractivity contribution in [2.45, 2.75) is 20.8 Å². The van der Waals surface area contributed by atoms with Crippen molar-refractivity contribution in [2.24, 2.45) is 0 Å². The number of aromatic nitrogens is 2. The first-order valence-corrected chi connectivity index (χ1v) is 7.17. The van der Waals surface area contributed by atoms with Crippen LogP contribution in [0.25, 0.3) is 0 Å². The van der Waals surface area contributed by atoms with Gasteiger partial charge in [-0.05, 0) is 32.9 Å². The maximum absolute atomic E-state index is 6.01. The number of hydrogen-bond donors (Lipinski definition) is 1. The summed E-state index contributed by atoms with van der Waals surface area (Å²) < 4.78 is 11.1. The van der Waals surface area contributed by atoms with Gasteiger partial charge in [-0.3, -0.25) is 0 Å². The molecule has 5 nitrogen and oxygen atoms in total. The smallest absolute Gasteiger partial charge is 0.143 e. The van der Waals surface area contributed by atoms with E-state index < -0.39 is 0 Å². The molecule has 0 amide bonds. The van der Waals surface area contributed by atoms with E-state index in [0.717, 1.165) is 22.7 Å². The molecule has 0 bridgehead atoms. The van der Waals surface area contributed by atoms with Gasteiger partial charge in [-0.1, -0.05) is 11.6 Å². The predicted molar refractivity (Wildman–Crippen MR) is 83.8 cm³/mol.